The number of hydrogen-bond acceptors (Lipinski definition) is 4. The second kappa shape index (κ2) is 11.4. The highest BCUT2D eigenvalue weighted by Gasteiger charge is 2.26. The first-order chi connectivity index (χ1) is 14.0. The highest BCUT2D eigenvalue weighted by atomic mass is 127. The number of anilines is 1. The molecule has 30 heavy (non-hydrogen) atoms. The summed E-state index contributed by atoms with van der Waals surface area (Å²) in [5.41, 5.74) is 0.272. The Morgan fingerprint density at radius 2 is 1.77 bits per heavy atom. The third-order valence-corrected chi connectivity index (χ3v) is 5.13. The maximum Gasteiger partial charge on any atom is 0.229 e. The van der Waals surface area contributed by atoms with E-state index < -0.39 is 11.6 Å². The molecule has 7 nitrogen and oxygen atoms in total. The first kappa shape index (κ1) is 24.3. The van der Waals surface area contributed by atoms with Crippen molar-refractivity contribution in [1.29, 1.82) is 0 Å². The molecule has 0 aromatic heterocycles. The highest BCUT2D eigenvalue weighted by Crippen LogP contribution is 2.22. The van der Waals surface area contributed by atoms with E-state index in [-0.39, 0.29) is 48.0 Å². The van der Waals surface area contributed by atoms with Crippen LogP contribution in [0.5, 0.6) is 0 Å². The molecule has 3 rings (SSSR count). The minimum atomic E-state index is -0.458. The van der Waals surface area contributed by atoms with Gasteiger partial charge in [-0.1, -0.05) is 0 Å². The van der Waals surface area contributed by atoms with Gasteiger partial charge < -0.3 is 15.1 Å². The first-order valence-corrected chi connectivity index (χ1v) is 10.1. The molecule has 2 aliphatic heterocycles. The van der Waals surface area contributed by atoms with Crippen molar-refractivity contribution in [1.82, 2.24) is 15.1 Å². The fraction of sp³-hybridized carbons (Fsp3) is 0.550. The number of piperazine rings is 1. The molecule has 0 aliphatic carbocycles. The summed E-state index contributed by atoms with van der Waals surface area (Å²) >= 11 is 0. The fourth-order valence-electron chi connectivity index (χ4n) is 3.62. The summed E-state index contributed by atoms with van der Waals surface area (Å²) in [7, 11) is 0. The Morgan fingerprint density at radius 1 is 1.10 bits per heavy atom. The van der Waals surface area contributed by atoms with Crippen LogP contribution < -0.4 is 10.2 Å². The molecule has 10 heteroatoms. The van der Waals surface area contributed by atoms with Crippen LogP contribution in [0.3, 0.4) is 0 Å². The van der Waals surface area contributed by atoms with Gasteiger partial charge in [-0.25, -0.2) is 8.78 Å². The quantitative estimate of drug-likeness (QED) is 0.271. The van der Waals surface area contributed by atoms with Crippen molar-refractivity contribution in [3.63, 3.8) is 0 Å². The van der Waals surface area contributed by atoms with Crippen molar-refractivity contribution in [2.45, 2.75) is 26.2 Å². The zero-order valence-electron chi connectivity index (χ0n) is 17.1. The van der Waals surface area contributed by atoms with Crippen LogP contribution in [0.25, 0.3) is 0 Å². The lowest BCUT2D eigenvalue weighted by atomic mass is 10.1. The molecular weight excluding hydrogens is 507 g/mol. The Balaban J connectivity index is 0.00000320. The second-order valence-electron chi connectivity index (χ2n) is 7.10. The number of rotatable bonds is 5. The zero-order chi connectivity index (χ0) is 20.8. The van der Waals surface area contributed by atoms with Crippen molar-refractivity contribution in [3.8, 4) is 0 Å². The van der Waals surface area contributed by atoms with Crippen LogP contribution in [0.2, 0.25) is 0 Å². The predicted molar refractivity (Wildman–Crippen MR) is 122 cm³/mol. The van der Waals surface area contributed by atoms with Gasteiger partial charge in [0.25, 0.3) is 0 Å². The molecule has 0 spiro atoms. The summed E-state index contributed by atoms with van der Waals surface area (Å²) in [5.74, 6) is -0.458. The van der Waals surface area contributed by atoms with Gasteiger partial charge in [-0.2, -0.15) is 0 Å². The van der Waals surface area contributed by atoms with Crippen LogP contribution in [0.15, 0.2) is 23.2 Å². The van der Waals surface area contributed by atoms with E-state index in [0.29, 0.717) is 64.5 Å². The summed E-state index contributed by atoms with van der Waals surface area (Å²) in [6.45, 7) is 5.53. The molecule has 2 saturated heterocycles. The molecule has 2 heterocycles. The lowest BCUT2D eigenvalue weighted by Crippen LogP contribution is -2.53. The minimum Gasteiger partial charge on any atom is -0.366 e. The summed E-state index contributed by atoms with van der Waals surface area (Å²) in [4.78, 5) is 33.5. The van der Waals surface area contributed by atoms with Gasteiger partial charge in [0.15, 0.2) is 5.96 Å². The normalized spacial score (nSPS) is 17.8. The SMILES string of the molecule is CCNC(=NCCN1C(=O)CCCC1=O)N1CCN(c2cc(F)ccc2F)CC1.I. The van der Waals surface area contributed by atoms with Crippen molar-refractivity contribution >= 4 is 47.4 Å². The Labute approximate surface area is 192 Å². The third kappa shape index (κ3) is 6.02. The lowest BCUT2D eigenvalue weighted by Gasteiger charge is -2.37. The number of imide groups is 1. The molecule has 0 atom stereocenters. The number of guanidine groups is 1. The number of likely N-dealkylation sites (tertiary alicyclic amines) is 1. The van der Waals surface area contributed by atoms with Crippen LogP contribution >= 0.6 is 24.0 Å². The Morgan fingerprint density at radius 3 is 2.40 bits per heavy atom. The van der Waals surface area contributed by atoms with Crippen LogP contribution in [0, 0.1) is 11.6 Å². The molecule has 0 bridgehead atoms. The third-order valence-electron chi connectivity index (χ3n) is 5.13. The van der Waals surface area contributed by atoms with E-state index in [4.69, 9.17) is 0 Å². The summed E-state index contributed by atoms with van der Waals surface area (Å²) < 4.78 is 27.5. The van der Waals surface area contributed by atoms with Gasteiger partial charge in [-0.05, 0) is 25.5 Å². The number of nitrogens with one attached hydrogen (secondary N) is 1. The maximum absolute atomic E-state index is 14.0. The number of aliphatic imine (C=N–C) groups is 1. The van der Waals surface area contributed by atoms with Gasteiger partial charge >= 0.3 is 0 Å². The summed E-state index contributed by atoms with van der Waals surface area (Å²) in [5, 5.41) is 3.22. The van der Waals surface area contributed by atoms with E-state index in [0.717, 1.165) is 12.1 Å². The van der Waals surface area contributed by atoms with Crippen LogP contribution in [-0.2, 0) is 9.59 Å². The smallest absolute Gasteiger partial charge is 0.229 e. The summed E-state index contributed by atoms with van der Waals surface area (Å²) in [6.07, 6.45) is 1.44. The minimum absolute atomic E-state index is 0. The number of hydrogen-bond donors (Lipinski definition) is 1. The second-order valence-corrected chi connectivity index (χ2v) is 7.10. The predicted octanol–water partition coefficient (Wildman–Crippen LogP) is 2.21. The van der Waals surface area contributed by atoms with Crippen molar-refractivity contribution in [3.05, 3.63) is 29.8 Å². The monoisotopic (exact) mass is 535 g/mol. The molecule has 2 aliphatic rings. The van der Waals surface area contributed by atoms with E-state index in [1.165, 1.54) is 11.0 Å². The van der Waals surface area contributed by atoms with E-state index in [1.807, 2.05) is 11.8 Å². The molecule has 2 fully saturated rings. The van der Waals surface area contributed by atoms with E-state index in [2.05, 4.69) is 15.2 Å². The topological polar surface area (TPSA) is 68.2 Å². The van der Waals surface area contributed by atoms with E-state index in [1.54, 1.807) is 0 Å². The van der Waals surface area contributed by atoms with Gasteiger partial charge in [0.1, 0.15) is 11.6 Å². The molecule has 0 unspecified atom stereocenters. The zero-order valence-corrected chi connectivity index (χ0v) is 19.4. The van der Waals surface area contributed by atoms with Gasteiger partial charge in [0.2, 0.25) is 11.8 Å². The number of piperidine rings is 1. The van der Waals surface area contributed by atoms with Crippen molar-refractivity contribution in [2.24, 2.45) is 4.99 Å². The largest absolute Gasteiger partial charge is 0.366 e. The molecule has 0 saturated carbocycles. The van der Waals surface area contributed by atoms with Crippen LogP contribution in [0.4, 0.5) is 14.5 Å². The molecule has 0 radical (unpaired) electrons. The number of halogens is 3. The number of carbonyl (C=O) groups is 2. The number of benzene rings is 1. The fourth-order valence-corrected chi connectivity index (χ4v) is 3.62. The average Bonchev–Trinajstić information content (AvgIpc) is 2.71. The lowest BCUT2D eigenvalue weighted by molar-refractivity contribution is -0.147. The Bertz CT molecular complexity index is 768. The molecule has 166 valence electrons. The van der Waals surface area contributed by atoms with Gasteiger partial charge in [0, 0.05) is 58.2 Å². The van der Waals surface area contributed by atoms with Gasteiger partial charge in [-0.15, -0.1) is 24.0 Å². The van der Waals surface area contributed by atoms with E-state index in [9.17, 15) is 18.4 Å². The summed E-state index contributed by atoms with van der Waals surface area (Å²) in [6, 6.07) is 3.48. The number of amides is 2. The average molecular weight is 535 g/mol. The van der Waals surface area contributed by atoms with Gasteiger partial charge in [0.05, 0.1) is 12.2 Å². The van der Waals surface area contributed by atoms with E-state index >= 15 is 0 Å². The van der Waals surface area contributed by atoms with Gasteiger partial charge in [-0.3, -0.25) is 19.5 Å². The molecule has 2 amide bonds. The Hall–Kier alpha value is -1.98. The maximum atomic E-state index is 14.0. The standard InChI is InChI=1S/C20H27F2N5O2.HI/c1-2-23-20(24-8-9-27-18(28)4-3-5-19(27)29)26-12-10-25(11-13-26)17-14-15(21)6-7-16(17)22;/h6-7,14H,2-5,8-13H2,1H3,(H,23,24);1H. The number of nitrogens with zero attached hydrogens (tertiary/aromatic N) is 4. The molecule has 1 N–H and O–H groups in total. The van der Waals surface area contributed by atoms with Crippen molar-refractivity contribution < 1.29 is 18.4 Å². The van der Waals surface area contributed by atoms with Crippen LogP contribution in [0.1, 0.15) is 26.2 Å². The number of carbonyl (C=O) groups excluding carboxylic acids is 2. The molecular formula is C20H28F2IN5O2. The Kier molecular flexibility index (Phi) is 9.25. The first-order valence-electron chi connectivity index (χ1n) is 10.1. The van der Waals surface area contributed by atoms with Crippen LogP contribution in [-0.4, -0.2) is 73.4 Å². The molecule has 1 aromatic carbocycles. The van der Waals surface area contributed by atoms with Crippen molar-refractivity contribution in [2.75, 3.05) is 50.7 Å². The highest BCUT2D eigenvalue weighted by molar-refractivity contribution is 14.0. The molecule has 1 aromatic rings.